The topological polar surface area (TPSA) is 92.3 Å². The van der Waals surface area contributed by atoms with E-state index in [-0.39, 0.29) is 53.7 Å². The summed E-state index contributed by atoms with van der Waals surface area (Å²) in [5, 5.41) is 10.8. The lowest BCUT2D eigenvalue weighted by Gasteiger charge is -2.15. The smallest absolute Gasteiger partial charge is 0.405 e. The van der Waals surface area contributed by atoms with Gasteiger partial charge in [0.1, 0.15) is 23.2 Å². The number of nitrogens with one attached hydrogen (secondary N) is 1. The number of halogens is 6. The minimum atomic E-state index is -4.94. The molecule has 3 aromatic carbocycles. The van der Waals surface area contributed by atoms with Crippen LogP contribution in [0.15, 0.2) is 53.4 Å². The zero-order valence-corrected chi connectivity index (χ0v) is 21.3. The molecule has 190 valence electrons. The van der Waals surface area contributed by atoms with Gasteiger partial charge >= 0.3 is 6.36 Å². The summed E-state index contributed by atoms with van der Waals surface area (Å²) >= 11 is 19.2. The van der Waals surface area contributed by atoms with Crippen molar-refractivity contribution in [2.75, 3.05) is 5.75 Å². The predicted octanol–water partition coefficient (Wildman–Crippen LogP) is 6.96. The molecule has 1 atom stereocenters. The molecule has 0 saturated carbocycles. The number of aromatic nitrogens is 2. The molecule has 0 fully saturated rings. The Labute approximate surface area is 218 Å². The zero-order valence-electron chi connectivity index (χ0n) is 18.2. The Morgan fingerprint density at radius 3 is 2.42 bits per heavy atom. The summed E-state index contributed by atoms with van der Waals surface area (Å²) in [6, 6.07) is 10.7. The van der Waals surface area contributed by atoms with E-state index in [1.54, 1.807) is 0 Å². The van der Waals surface area contributed by atoms with Gasteiger partial charge in [-0.3, -0.25) is 0 Å². The molecule has 36 heavy (non-hydrogen) atoms. The molecule has 6 nitrogen and oxygen atoms in total. The molecular formula is C23H16Cl3F3N2O4S. The maximum atomic E-state index is 12.9. The van der Waals surface area contributed by atoms with Crippen LogP contribution in [-0.4, -0.2) is 35.6 Å². The van der Waals surface area contributed by atoms with E-state index >= 15 is 0 Å². The van der Waals surface area contributed by atoms with Crippen LogP contribution >= 0.6 is 34.8 Å². The number of H-pyrrole nitrogens is 1. The third-order valence-electron chi connectivity index (χ3n) is 5.33. The quantitative estimate of drug-likeness (QED) is 0.258. The highest BCUT2D eigenvalue weighted by molar-refractivity contribution is 7.91. The van der Waals surface area contributed by atoms with Gasteiger partial charge in [0, 0.05) is 21.7 Å². The first-order valence-corrected chi connectivity index (χ1v) is 13.0. The van der Waals surface area contributed by atoms with Crippen molar-refractivity contribution < 1.29 is 31.4 Å². The number of alkyl halides is 3. The molecule has 0 bridgehead atoms. The maximum Gasteiger partial charge on any atom is 0.573 e. The van der Waals surface area contributed by atoms with Crippen LogP contribution in [0.1, 0.15) is 24.4 Å². The number of aliphatic hydroxyl groups excluding tert-OH is 1. The van der Waals surface area contributed by atoms with Gasteiger partial charge in [-0.05, 0) is 24.3 Å². The third kappa shape index (κ3) is 5.14. The van der Waals surface area contributed by atoms with E-state index in [1.165, 1.54) is 49.4 Å². The van der Waals surface area contributed by atoms with E-state index in [0.29, 0.717) is 5.52 Å². The zero-order chi connectivity index (χ0) is 26.4. The van der Waals surface area contributed by atoms with Crippen molar-refractivity contribution in [3.05, 3.63) is 75.0 Å². The van der Waals surface area contributed by atoms with Gasteiger partial charge in [-0.25, -0.2) is 13.4 Å². The van der Waals surface area contributed by atoms with Gasteiger partial charge in [-0.1, -0.05) is 66.0 Å². The highest BCUT2D eigenvalue weighted by Crippen LogP contribution is 2.44. The Morgan fingerprint density at radius 2 is 1.78 bits per heavy atom. The Bertz CT molecular complexity index is 1570. The average Bonchev–Trinajstić information content (AvgIpc) is 3.23. The van der Waals surface area contributed by atoms with Crippen LogP contribution in [0, 0.1) is 0 Å². The van der Waals surface area contributed by atoms with Crippen LogP contribution in [0.5, 0.6) is 5.75 Å². The molecule has 1 unspecified atom stereocenters. The Balaban J connectivity index is 1.79. The highest BCUT2D eigenvalue weighted by atomic mass is 35.5. The first kappa shape index (κ1) is 26.6. The first-order valence-electron chi connectivity index (χ1n) is 10.3. The summed E-state index contributed by atoms with van der Waals surface area (Å²) in [4.78, 5) is 7.19. The summed E-state index contributed by atoms with van der Waals surface area (Å²) in [5.74, 6) is -0.612. The normalized spacial score (nSPS) is 13.2. The van der Waals surface area contributed by atoms with E-state index in [0.717, 1.165) is 6.07 Å². The van der Waals surface area contributed by atoms with Crippen molar-refractivity contribution in [3.63, 3.8) is 0 Å². The number of ether oxygens (including phenoxy) is 1. The SMILES string of the molecule is CCS(=O)(=O)c1ccc(C(O)c2nc3c(Cl)c(-c4ccccc4OC(F)(F)F)c(Cl)cc3[nH]2)c(Cl)c1. The Hall–Kier alpha value is -2.50. The second-order valence-electron chi connectivity index (χ2n) is 7.60. The summed E-state index contributed by atoms with van der Waals surface area (Å²) in [6.45, 7) is 1.50. The van der Waals surface area contributed by atoms with Gasteiger partial charge in [-0.2, -0.15) is 0 Å². The summed E-state index contributed by atoms with van der Waals surface area (Å²) in [7, 11) is -3.51. The fourth-order valence-electron chi connectivity index (χ4n) is 3.60. The Morgan fingerprint density at radius 1 is 1.08 bits per heavy atom. The van der Waals surface area contributed by atoms with Gasteiger partial charge in [0.25, 0.3) is 0 Å². The maximum absolute atomic E-state index is 12.9. The molecule has 0 amide bonds. The lowest BCUT2D eigenvalue weighted by molar-refractivity contribution is -0.274. The molecule has 0 saturated heterocycles. The molecule has 13 heteroatoms. The highest BCUT2D eigenvalue weighted by Gasteiger charge is 2.33. The van der Waals surface area contributed by atoms with Crippen molar-refractivity contribution in [2.45, 2.75) is 24.3 Å². The van der Waals surface area contributed by atoms with E-state index in [2.05, 4.69) is 14.7 Å². The van der Waals surface area contributed by atoms with Crippen LogP contribution in [0.4, 0.5) is 13.2 Å². The van der Waals surface area contributed by atoms with E-state index in [4.69, 9.17) is 34.8 Å². The molecule has 0 aliphatic carbocycles. The lowest BCUT2D eigenvalue weighted by atomic mass is 10.0. The molecule has 1 aromatic heterocycles. The summed E-state index contributed by atoms with van der Waals surface area (Å²) < 4.78 is 67.1. The molecular weight excluding hydrogens is 564 g/mol. The molecule has 2 N–H and O–H groups in total. The molecule has 0 radical (unpaired) electrons. The van der Waals surface area contributed by atoms with Gasteiger partial charge in [0.05, 0.1) is 26.2 Å². The number of benzene rings is 3. The van der Waals surface area contributed by atoms with Crippen LogP contribution in [0.2, 0.25) is 15.1 Å². The van der Waals surface area contributed by atoms with Crippen LogP contribution in [-0.2, 0) is 9.84 Å². The number of hydrogen-bond donors (Lipinski definition) is 2. The number of imidazole rings is 1. The van der Waals surface area contributed by atoms with Crippen LogP contribution in [0.25, 0.3) is 22.2 Å². The van der Waals surface area contributed by atoms with Gasteiger partial charge in [-0.15, -0.1) is 13.2 Å². The largest absolute Gasteiger partial charge is 0.573 e. The van der Waals surface area contributed by atoms with E-state index in [9.17, 15) is 26.7 Å². The first-order chi connectivity index (χ1) is 16.8. The standard InChI is InChI=1S/C23H16Cl3F3N2O4S/c1-2-36(33,34)11-7-8-12(14(24)9-11)21(32)22-30-16-10-15(25)18(19(26)20(16)31-22)13-5-3-4-6-17(13)35-23(27,28)29/h3-10,21,32H,2H2,1H3,(H,30,31). The summed E-state index contributed by atoms with van der Waals surface area (Å²) in [5.41, 5.74) is 0.668. The number of aromatic amines is 1. The van der Waals surface area contributed by atoms with Crippen molar-refractivity contribution >= 4 is 55.7 Å². The number of rotatable bonds is 6. The molecule has 4 rings (SSSR count). The summed E-state index contributed by atoms with van der Waals surface area (Å²) in [6.07, 6.45) is -6.34. The second kappa shape index (κ2) is 9.75. The minimum absolute atomic E-state index is 0.000487. The predicted molar refractivity (Wildman–Crippen MR) is 131 cm³/mol. The number of nitrogens with zero attached hydrogens (tertiary/aromatic N) is 1. The van der Waals surface area contributed by atoms with Gasteiger partial charge in [0.15, 0.2) is 9.84 Å². The van der Waals surface area contributed by atoms with E-state index in [1.807, 2.05) is 0 Å². The number of para-hydroxylation sites is 1. The molecule has 4 aromatic rings. The number of fused-ring (bicyclic) bond motifs is 1. The van der Waals surface area contributed by atoms with Gasteiger partial charge in [0.2, 0.25) is 0 Å². The van der Waals surface area contributed by atoms with Crippen LogP contribution < -0.4 is 4.74 Å². The second-order valence-corrected chi connectivity index (χ2v) is 11.1. The third-order valence-corrected chi connectivity index (χ3v) is 8.06. The van der Waals surface area contributed by atoms with Crippen LogP contribution in [0.3, 0.4) is 0 Å². The number of sulfone groups is 1. The van der Waals surface area contributed by atoms with Gasteiger partial charge < -0.3 is 14.8 Å². The molecule has 0 aliphatic heterocycles. The fraction of sp³-hybridized carbons (Fsp3) is 0.174. The fourth-order valence-corrected chi connectivity index (χ4v) is 5.56. The lowest BCUT2D eigenvalue weighted by Crippen LogP contribution is -2.17. The number of aliphatic hydroxyl groups is 1. The van der Waals surface area contributed by atoms with Crippen molar-refractivity contribution in [2.24, 2.45) is 0 Å². The number of hydrogen-bond acceptors (Lipinski definition) is 5. The average molecular weight is 580 g/mol. The Kier molecular flexibility index (Phi) is 7.20. The van der Waals surface area contributed by atoms with Crippen molar-refractivity contribution in [1.29, 1.82) is 0 Å². The van der Waals surface area contributed by atoms with E-state index < -0.39 is 28.1 Å². The molecule has 0 spiro atoms. The molecule has 1 heterocycles. The van der Waals surface area contributed by atoms with Crippen molar-refractivity contribution in [1.82, 2.24) is 9.97 Å². The minimum Gasteiger partial charge on any atom is -0.405 e. The molecule has 0 aliphatic rings. The monoisotopic (exact) mass is 578 g/mol. The van der Waals surface area contributed by atoms with Crippen molar-refractivity contribution in [3.8, 4) is 16.9 Å².